The summed E-state index contributed by atoms with van der Waals surface area (Å²) >= 11 is 0. The molecule has 2 nitrogen and oxygen atoms in total. The van der Waals surface area contributed by atoms with Crippen molar-refractivity contribution in [3.05, 3.63) is 34.9 Å². The topological polar surface area (TPSA) is 46.2 Å². The molecule has 0 bridgehead atoms. The summed E-state index contributed by atoms with van der Waals surface area (Å²) in [6, 6.07) is 6.32. The van der Waals surface area contributed by atoms with Gasteiger partial charge in [-0.05, 0) is 50.4 Å². The van der Waals surface area contributed by atoms with Gasteiger partial charge >= 0.3 is 0 Å². The molecule has 15 heavy (non-hydrogen) atoms. The average molecular weight is 207 g/mol. The van der Waals surface area contributed by atoms with E-state index in [-0.39, 0.29) is 0 Å². The Morgan fingerprint density at radius 1 is 1.27 bits per heavy atom. The first kappa shape index (κ1) is 12.2. The first-order valence-corrected chi connectivity index (χ1v) is 5.43. The van der Waals surface area contributed by atoms with Crippen LogP contribution in [0.4, 0.5) is 0 Å². The molecule has 0 aliphatic rings. The van der Waals surface area contributed by atoms with E-state index in [4.69, 9.17) is 5.73 Å². The minimum Gasteiger partial charge on any atom is -0.390 e. The molecule has 0 aliphatic heterocycles. The van der Waals surface area contributed by atoms with Crippen molar-refractivity contribution in [1.82, 2.24) is 0 Å². The predicted molar refractivity (Wildman–Crippen MR) is 63.9 cm³/mol. The lowest BCUT2D eigenvalue weighted by atomic mass is 9.92. The summed E-state index contributed by atoms with van der Waals surface area (Å²) in [5.41, 5.74) is 8.52. The lowest BCUT2D eigenvalue weighted by molar-refractivity contribution is 0.0539. The van der Waals surface area contributed by atoms with Crippen LogP contribution >= 0.6 is 0 Å². The molecular formula is C13H21NO. The van der Waals surface area contributed by atoms with Crippen molar-refractivity contribution in [2.24, 2.45) is 5.73 Å². The van der Waals surface area contributed by atoms with Gasteiger partial charge in [0.15, 0.2) is 0 Å². The van der Waals surface area contributed by atoms with Gasteiger partial charge < -0.3 is 10.8 Å². The summed E-state index contributed by atoms with van der Waals surface area (Å²) < 4.78 is 0. The molecule has 0 spiro atoms. The second-order valence-corrected chi connectivity index (χ2v) is 4.63. The Balaban J connectivity index is 2.76. The Morgan fingerprint density at radius 3 is 2.47 bits per heavy atom. The summed E-state index contributed by atoms with van der Waals surface area (Å²) in [7, 11) is 0. The van der Waals surface area contributed by atoms with Crippen LogP contribution in [-0.4, -0.2) is 17.3 Å². The van der Waals surface area contributed by atoms with Crippen molar-refractivity contribution in [1.29, 1.82) is 0 Å². The quantitative estimate of drug-likeness (QED) is 0.792. The molecule has 1 atom stereocenters. The summed E-state index contributed by atoms with van der Waals surface area (Å²) in [4.78, 5) is 0. The third kappa shape index (κ3) is 3.65. The van der Waals surface area contributed by atoms with Gasteiger partial charge in [-0.2, -0.15) is 0 Å². The first-order valence-electron chi connectivity index (χ1n) is 5.43. The van der Waals surface area contributed by atoms with E-state index in [1.165, 1.54) is 16.7 Å². The van der Waals surface area contributed by atoms with Gasteiger partial charge in [0.25, 0.3) is 0 Å². The summed E-state index contributed by atoms with van der Waals surface area (Å²) in [5, 5.41) is 10.0. The Labute approximate surface area is 92.1 Å². The molecule has 0 aromatic heterocycles. The zero-order valence-electron chi connectivity index (χ0n) is 9.88. The van der Waals surface area contributed by atoms with Crippen molar-refractivity contribution in [3.63, 3.8) is 0 Å². The van der Waals surface area contributed by atoms with Gasteiger partial charge in [0.1, 0.15) is 0 Å². The van der Waals surface area contributed by atoms with E-state index in [0.29, 0.717) is 19.4 Å². The number of hydrogen-bond acceptors (Lipinski definition) is 2. The third-order valence-electron chi connectivity index (χ3n) is 2.84. The van der Waals surface area contributed by atoms with E-state index < -0.39 is 5.60 Å². The Kier molecular flexibility index (Phi) is 3.89. The molecule has 1 aromatic carbocycles. The van der Waals surface area contributed by atoms with E-state index in [9.17, 15) is 5.11 Å². The minimum atomic E-state index is -0.684. The van der Waals surface area contributed by atoms with Crippen LogP contribution in [0, 0.1) is 13.8 Å². The fourth-order valence-electron chi connectivity index (χ4n) is 1.75. The maximum Gasteiger partial charge on any atom is 0.0671 e. The highest BCUT2D eigenvalue weighted by atomic mass is 16.3. The Bertz CT molecular complexity index is 331. The van der Waals surface area contributed by atoms with Gasteiger partial charge in [-0.25, -0.2) is 0 Å². The van der Waals surface area contributed by atoms with Crippen LogP contribution in [0.5, 0.6) is 0 Å². The number of benzene rings is 1. The molecular weight excluding hydrogens is 186 g/mol. The monoisotopic (exact) mass is 207 g/mol. The molecule has 1 aromatic rings. The Hall–Kier alpha value is -0.860. The lowest BCUT2D eigenvalue weighted by Gasteiger charge is -2.22. The lowest BCUT2D eigenvalue weighted by Crippen LogP contribution is -2.30. The highest BCUT2D eigenvalue weighted by molar-refractivity contribution is 5.30. The molecule has 84 valence electrons. The zero-order valence-corrected chi connectivity index (χ0v) is 9.88. The van der Waals surface area contributed by atoms with Crippen LogP contribution in [0.2, 0.25) is 0 Å². The molecule has 1 rings (SSSR count). The highest BCUT2D eigenvalue weighted by Crippen LogP contribution is 2.18. The van der Waals surface area contributed by atoms with Crippen LogP contribution < -0.4 is 5.73 Å². The van der Waals surface area contributed by atoms with E-state index >= 15 is 0 Å². The maximum atomic E-state index is 10.0. The minimum absolute atomic E-state index is 0.526. The van der Waals surface area contributed by atoms with E-state index in [0.717, 1.165) is 0 Å². The largest absolute Gasteiger partial charge is 0.390 e. The maximum absolute atomic E-state index is 10.0. The van der Waals surface area contributed by atoms with Crippen molar-refractivity contribution in [2.75, 3.05) is 6.54 Å². The third-order valence-corrected chi connectivity index (χ3v) is 2.84. The van der Waals surface area contributed by atoms with Crippen molar-refractivity contribution < 1.29 is 5.11 Å². The SMILES string of the molecule is Cc1ccc(CC(C)(O)CCN)cc1C. The van der Waals surface area contributed by atoms with Crippen LogP contribution in [0.3, 0.4) is 0 Å². The fraction of sp³-hybridized carbons (Fsp3) is 0.538. The van der Waals surface area contributed by atoms with E-state index in [1.54, 1.807) is 0 Å². The number of hydrogen-bond donors (Lipinski definition) is 2. The number of nitrogens with two attached hydrogens (primary N) is 1. The van der Waals surface area contributed by atoms with Gasteiger partial charge in [-0.15, -0.1) is 0 Å². The summed E-state index contributed by atoms with van der Waals surface area (Å²) in [6.45, 7) is 6.56. The van der Waals surface area contributed by atoms with Crippen molar-refractivity contribution >= 4 is 0 Å². The molecule has 0 radical (unpaired) electrons. The van der Waals surface area contributed by atoms with Gasteiger partial charge in [0, 0.05) is 6.42 Å². The fourth-order valence-corrected chi connectivity index (χ4v) is 1.75. The normalized spacial score (nSPS) is 15.0. The van der Waals surface area contributed by atoms with Crippen molar-refractivity contribution in [2.45, 2.75) is 39.2 Å². The number of aliphatic hydroxyl groups is 1. The molecule has 0 aliphatic carbocycles. The average Bonchev–Trinajstić information content (AvgIpc) is 2.10. The van der Waals surface area contributed by atoms with Gasteiger partial charge in [-0.3, -0.25) is 0 Å². The molecule has 0 saturated carbocycles. The van der Waals surface area contributed by atoms with E-state index in [1.807, 2.05) is 6.92 Å². The van der Waals surface area contributed by atoms with Crippen LogP contribution in [0.1, 0.15) is 30.0 Å². The van der Waals surface area contributed by atoms with Gasteiger partial charge in [0.2, 0.25) is 0 Å². The molecule has 3 N–H and O–H groups in total. The molecule has 1 unspecified atom stereocenters. The summed E-state index contributed by atoms with van der Waals surface area (Å²) in [5.74, 6) is 0. The molecule has 0 fully saturated rings. The van der Waals surface area contributed by atoms with Crippen LogP contribution in [-0.2, 0) is 6.42 Å². The predicted octanol–water partition coefficient (Wildman–Crippen LogP) is 1.95. The molecule has 0 amide bonds. The van der Waals surface area contributed by atoms with Crippen molar-refractivity contribution in [3.8, 4) is 0 Å². The zero-order chi connectivity index (χ0) is 11.5. The smallest absolute Gasteiger partial charge is 0.0671 e. The first-order chi connectivity index (χ1) is 6.94. The van der Waals surface area contributed by atoms with Gasteiger partial charge in [-0.1, -0.05) is 18.2 Å². The van der Waals surface area contributed by atoms with Gasteiger partial charge in [0.05, 0.1) is 5.60 Å². The van der Waals surface area contributed by atoms with Crippen LogP contribution in [0.15, 0.2) is 18.2 Å². The number of rotatable bonds is 4. The van der Waals surface area contributed by atoms with E-state index in [2.05, 4.69) is 32.0 Å². The number of aryl methyl sites for hydroxylation is 2. The second kappa shape index (κ2) is 4.77. The Morgan fingerprint density at radius 2 is 1.93 bits per heavy atom. The molecule has 0 heterocycles. The van der Waals surface area contributed by atoms with Crippen LogP contribution in [0.25, 0.3) is 0 Å². The second-order valence-electron chi connectivity index (χ2n) is 4.63. The molecule has 2 heteroatoms. The standard InChI is InChI=1S/C13H21NO/c1-10-4-5-12(8-11(10)2)9-13(3,15)6-7-14/h4-5,8,15H,6-7,9,14H2,1-3H3. The highest BCUT2D eigenvalue weighted by Gasteiger charge is 2.19. The summed E-state index contributed by atoms with van der Waals surface area (Å²) in [6.07, 6.45) is 1.31. The molecule has 0 saturated heterocycles.